The van der Waals surface area contributed by atoms with Gasteiger partial charge in [-0.2, -0.15) is 0 Å². The van der Waals surface area contributed by atoms with Crippen LogP contribution in [-0.4, -0.2) is 26.9 Å². The summed E-state index contributed by atoms with van der Waals surface area (Å²) >= 11 is 0. The van der Waals surface area contributed by atoms with Gasteiger partial charge in [-0.3, -0.25) is 4.79 Å². The van der Waals surface area contributed by atoms with Crippen molar-refractivity contribution in [2.75, 3.05) is 12.4 Å². The van der Waals surface area contributed by atoms with Gasteiger partial charge in [-0.05, 0) is 50.2 Å². The number of aryl methyl sites for hydroxylation is 2. The van der Waals surface area contributed by atoms with E-state index < -0.39 is 0 Å². The number of aromatic nitrogens is 4. The molecule has 0 amide bonds. The van der Waals surface area contributed by atoms with Crippen LogP contribution in [0, 0.1) is 6.92 Å². The summed E-state index contributed by atoms with van der Waals surface area (Å²) in [4.78, 5) is 17.4. The predicted octanol–water partition coefficient (Wildman–Crippen LogP) is 3.53. The average Bonchev–Trinajstić information content (AvgIpc) is 3.17. The van der Waals surface area contributed by atoms with Crippen LogP contribution in [0.15, 0.2) is 51.8 Å². The third kappa shape index (κ3) is 3.20. The van der Waals surface area contributed by atoms with Crippen LogP contribution >= 0.6 is 0 Å². The maximum atomic E-state index is 12.9. The second kappa shape index (κ2) is 7.15. The number of fused-ring (bicyclic) bond motifs is 1. The zero-order chi connectivity index (χ0) is 19.7. The molecular formula is C20H19N5O3. The molecule has 3 heterocycles. The average molecular weight is 377 g/mol. The van der Waals surface area contributed by atoms with Gasteiger partial charge < -0.3 is 19.0 Å². The highest BCUT2D eigenvalue weighted by Gasteiger charge is 2.17. The molecule has 28 heavy (non-hydrogen) atoms. The van der Waals surface area contributed by atoms with Gasteiger partial charge >= 0.3 is 6.01 Å². The van der Waals surface area contributed by atoms with Crippen LogP contribution in [0.5, 0.6) is 5.75 Å². The first-order valence-corrected chi connectivity index (χ1v) is 8.85. The number of pyridine rings is 2. The van der Waals surface area contributed by atoms with Gasteiger partial charge in [-0.1, -0.05) is 5.10 Å². The Morgan fingerprint density at radius 1 is 1.14 bits per heavy atom. The zero-order valence-corrected chi connectivity index (χ0v) is 15.8. The van der Waals surface area contributed by atoms with Crippen molar-refractivity contribution in [1.82, 2.24) is 19.7 Å². The molecule has 1 aromatic carbocycles. The lowest BCUT2D eigenvalue weighted by Gasteiger charge is -2.09. The molecule has 0 atom stereocenters. The van der Waals surface area contributed by atoms with Gasteiger partial charge in [0.2, 0.25) is 5.43 Å². The minimum Gasteiger partial charge on any atom is -0.497 e. The maximum Gasteiger partial charge on any atom is 0.320 e. The zero-order valence-electron chi connectivity index (χ0n) is 15.8. The first-order chi connectivity index (χ1) is 13.6. The van der Waals surface area contributed by atoms with Crippen LogP contribution in [0.1, 0.15) is 12.6 Å². The number of anilines is 2. The SMILES string of the molecule is CCn1cc(-c2nnc(Nc3ccc(OC)cc3)o2)c(=O)c2ccc(C)nc21. The molecule has 0 saturated heterocycles. The Kier molecular flexibility index (Phi) is 4.52. The standard InChI is InChI=1S/C20H19N5O3/c1-4-25-11-16(17(26)15-10-5-12(2)21-18(15)25)19-23-24-20(28-19)22-13-6-8-14(27-3)9-7-13/h5-11H,4H2,1-3H3,(H,22,24). The molecule has 1 N–H and O–H groups in total. The number of hydrogen-bond acceptors (Lipinski definition) is 7. The summed E-state index contributed by atoms with van der Waals surface area (Å²) in [7, 11) is 1.61. The Bertz CT molecular complexity index is 1190. The van der Waals surface area contributed by atoms with E-state index in [9.17, 15) is 4.79 Å². The maximum absolute atomic E-state index is 12.9. The van der Waals surface area contributed by atoms with Gasteiger partial charge in [-0.25, -0.2) is 4.98 Å². The van der Waals surface area contributed by atoms with Gasteiger partial charge in [0.05, 0.1) is 12.5 Å². The van der Waals surface area contributed by atoms with Crippen molar-refractivity contribution >= 4 is 22.7 Å². The fourth-order valence-corrected chi connectivity index (χ4v) is 2.93. The molecule has 8 heteroatoms. The molecule has 0 aliphatic rings. The fraction of sp³-hybridized carbons (Fsp3) is 0.200. The van der Waals surface area contributed by atoms with E-state index in [1.807, 2.05) is 48.7 Å². The highest BCUT2D eigenvalue weighted by Crippen LogP contribution is 2.23. The summed E-state index contributed by atoms with van der Waals surface area (Å²) < 4.78 is 12.7. The van der Waals surface area contributed by atoms with Crippen LogP contribution in [0.2, 0.25) is 0 Å². The van der Waals surface area contributed by atoms with E-state index in [2.05, 4.69) is 20.5 Å². The molecule has 0 radical (unpaired) electrons. The first-order valence-electron chi connectivity index (χ1n) is 8.85. The summed E-state index contributed by atoms with van der Waals surface area (Å²) in [5.41, 5.74) is 2.42. The highest BCUT2D eigenvalue weighted by molar-refractivity contribution is 5.79. The van der Waals surface area contributed by atoms with Crippen molar-refractivity contribution in [2.24, 2.45) is 0 Å². The van der Waals surface area contributed by atoms with E-state index >= 15 is 0 Å². The summed E-state index contributed by atoms with van der Waals surface area (Å²) in [5.74, 6) is 0.905. The van der Waals surface area contributed by atoms with E-state index in [0.717, 1.165) is 17.1 Å². The number of hydrogen-bond donors (Lipinski definition) is 1. The largest absolute Gasteiger partial charge is 0.497 e. The lowest BCUT2D eigenvalue weighted by Crippen LogP contribution is -2.13. The van der Waals surface area contributed by atoms with E-state index in [1.165, 1.54) is 0 Å². The van der Waals surface area contributed by atoms with Crippen LogP contribution in [0.25, 0.3) is 22.5 Å². The number of methoxy groups -OCH3 is 1. The Morgan fingerprint density at radius 2 is 1.93 bits per heavy atom. The van der Waals surface area contributed by atoms with E-state index in [0.29, 0.717) is 23.1 Å². The smallest absolute Gasteiger partial charge is 0.320 e. The quantitative estimate of drug-likeness (QED) is 0.568. The Morgan fingerprint density at radius 3 is 2.64 bits per heavy atom. The summed E-state index contributed by atoms with van der Waals surface area (Å²) in [6, 6.07) is 11.1. The summed E-state index contributed by atoms with van der Waals surface area (Å²) in [6.45, 7) is 4.54. The Hall–Kier alpha value is -3.68. The first kappa shape index (κ1) is 17.7. The molecule has 3 aromatic heterocycles. The summed E-state index contributed by atoms with van der Waals surface area (Å²) in [5, 5.41) is 11.6. The number of nitrogens with one attached hydrogen (secondary N) is 1. The van der Waals surface area contributed by atoms with Crippen LogP contribution < -0.4 is 15.5 Å². The highest BCUT2D eigenvalue weighted by atomic mass is 16.5. The molecule has 4 aromatic rings. The molecule has 0 spiro atoms. The number of benzene rings is 1. The molecule has 4 rings (SSSR count). The van der Waals surface area contributed by atoms with Crippen molar-refractivity contribution in [1.29, 1.82) is 0 Å². The van der Waals surface area contributed by atoms with Gasteiger partial charge in [0, 0.05) is 24.1 Å². The molecule has 0 fully saturated rings. The number of ether oxygens (including phenoxy) is 1. The topological polar surface area (TPSA) is 95.1 Å². The van der Waals surface area contributed by atoms with Crippen LogP contribution in [0.3, 0.4) is 0 Å². The van der Waals surface area contributed by atoms with Crippen LogP contribution in [-0.2, 0) is 6.54 Å². The van der Waals surface area contributed by atoms with Crippen molar-refractivity contribution in [3.8, 4) is 17.2 Å². The molecular weight excluding hydrogens is 358 g/mol. The van der Waals surface area contributed by atoms with Gasteiger partial charge in [0.15, 0.2) is 0 Å². The second-order valence-corrected chi connectivity index (χ2v) is 6.25. The minimum atomic E-state index is -0.188. The van der Waals surface area contributed by atoms with Crippen molar-refractivity contribution < 1.29 is 9.15 Å². The molecule has 0 saturated carbocycles. The Balaban J connectivity index is 1.71. The predicted molar refractivity (Wildman–Crippen MR) is 106 cm³/mol. The third-order valence-corrected chi connectivity index (χ3v) is 4.40. The number of rotatable bonds is 5. The van der Waals surface area contributed by atoms with E-state index in [1.54, 1.807) is 19.4 Å². The van der Waals surface area contributed by atoms with E-state index in [4.69, 9.17) is 9.15 Å². The van der Waals surface area contributed by atoms with Gasteiger partial charge in [0.25, 0.3) is 5.89 Å². The molecule has 142 valence electrons. The fourth-order valence-electron chi connectivity index (χ4n) is 2.93. The lowest BCUT2D eigenvalue weighted by molar-refractivity contribution is 0.415. The van der Waals surface area contributed by atoms with E-state index in [-0.39, 0.29) is 17.3 Å². The molecule has 8 nitrogen and oxygen atoms in total. The second-order valence-electron chi connectivity index (χ2n) is 6.25. The number of nitrogens with zero attached hydrogens (tertiary/aromatic N) is 4. The van der Waals surface area contributed by atoms with Crippen molar-refractivity contribution in [3.05, 3.63) is 58.5 Å². The normalized spacial score (nSPS) is 11.0. The monoisotopic (exact) mass is 377 g/mol. The van der Waals surface area contributed by atoms with Crippen molar-refractivity contribution in [3.63, 3.8) is 0 Å². The summed E-state index contributed by atoms with van der Waals surface area (Å²) in [6.07, 6.45) is 1.71. The van der Waals surface area contributed by atoms with Crippen molar-refractivity contribution in [2.45, 2.75) is 20.4 Å². The molecule has 0 aliphatic heterocycles. The minimum absolute atomic E-state index is 0.158. The van der Waals surface area contributed by atoms with Crippen LogP contribution in [0.4, 0.5) is 11.7 Å². The third-order valence-electron chi connectivity index (χ3n) is 4.40. The Labute approximate surface area is 160 Å². The van der Waals surface area contributed by atoms with Gasteiger partial charge in [0.1, 0.15) is 17.0 Å². The molecule has 0 unspecified atom stereocenters. The lowest BCUT2D eigenvalue weighted by atomic mass is 10.2. The molecule has 0 aliphatic carbocycles. The molecule has 0 bridgehead atoms. The van der Waals surface area contributed by atoms with Gasteiger partial charge in [-0.15, -0.1) is 5.10 Å².